The van der Waals surface area contributed by atoms with Gasteiger partial charge in [-0.2, -0.15) is 0 Å². The van der Waals surface area contributed by atoms with Crippen molar-refractivity contribution in [2.45, 2.75) is 24.7 Å². The van der Waals surface area contributed by atoms with E-state index >= 15 is 0 Å². The van der Waals surface area contributed by atoms with Gasteiger partial charge in [-0.1, -0.05) is 6.92 Å². The summed E-state index contributed by atoms with van der Waals surface area (Å²) in [6, 6.07) is 6.12. The molecular weight excluding hydrogens is 268 g/mol. The normalized spacial score (nSPS) is 11.3. The van der Waals surface area contributed by atoms with Crippen LogP contribution in [-0.4, -0.2) is 32.6 Å². The Kier molecular flexibility index (Phi) is 5.31. The molecule has 0 aliphatic rings. The molecular formula is C12H18N2O4S. The molecule has 19 heavy (non-hydrogen) atoms. The number of carboxylic acids is 1. The fourth-order valence-corrected chi connectivity index (χ4v) is 2.23. The zero-order valence-corrected chi connectivity index (χ0v) is 11.6. The summed E-state index contributed by atoms with van der Waals surface area (Å²) in [5, 5.41) is 13.7. The van der Waals surface area contributed by atoms with E-state index in [2.05, 4.69) is 0 Å². The number of nitrogens with two attached hydrogens (primary N) is 1. The Morgan fingerprint density at radius 1 is 1.26 bits per heavy atom. The summed E-state index contributed by atoms with van der Waals surface area (Å²) in [4.78, 5) is 12.6. The van der Waals surface area contributed by atoms with Gasteiger partial charge in [0.25, 0.3) is 0 Å². The minimum absolute atomic E-state index is 0.0386. The maximum atomic E-state index is 11.1. The number of aliphatic carboxylic acids is 1. The number of carbonyl (C=O) groups is 1. The van der Waals surface area contributed by atoms with E-state index in [0.717, 1.165) is 12.1 Å². The highest BCUT2D eigenvalue weighted by atomic mass is 32.2. The average Bonchev–Trinajstić information content (AvgIpc) is 2.33. The van der Waals surface area contributed by atoms with Crippen LogP contribution in [0.5, 0.6) is 0 Å². The van der Waals surface area contributed by atoms with Crippen LogP contribution in [0, 0.1) is 0 Å². The first kappa shape index (κ1) is 15.5. The zero-order chi connectivity index (χ0) is 14.5. The summed E-state index contributed by atoms with van der Waals surface area (Å²) < 4.78 is 22.3. The van der Waals surface area contributed by atoms with Crippen LogP contribution in [0.25, 0.3) is 0 Å². The van der Waals surface area contributed by atoms with E-state index in [1.807, 2.05) is 11.8 Å². The fraction of sp³-hybridized carbons (Fsp3) is 0.417. The molecule has 0 aliphatic carbocycles. The predicted molar refractivity (Wildman–Crippen MR) is 72.6 cm³/mol. The number of carboxylic acid groups (broad SMARTS) is 1. The first-order chi connectivity index (χ1) is 8.84. The SMILES string of the molecule is CCCN(CCC(=O)O)c1ccc(S(N)(=O)=O)cc1. The molecule has 1 aromatic carbocycles. The second-order valence-electron chi connectivity index (χ2n) is 4.17. The van der Waals surface area contributed by atoms with Crippen LogP contribution in [0.15, 0.2) is 29.2 Å². The van der Waals surface area contributed by atoms with Gasteiger partial charge in [0.2, 0.25) is 10.0 Å². The van der Waals surface area contributed by atoms with E-state index in [-0.39, 0.29) is 11.3 Å². The lowest BCUT2D eigenvalue weighted by atomic mass is 10.2. The minimum Gasteiger partial charge on any atom is -0.481 e. The second kappa shape index (κ2) is 6.53. The van der Waals surface area contributed by atoms with Crippen LogP contribution in [0.3, 0.4) is 0 Å². The number of hydrogen-bond donors (Lipinski definition) is 2. The molecule has 0 amide bonds. The van der Waals surface area contributed by atoms with Gasteiger partial charge in [-0.25, -0.2) is 13.6 Å². The van der Waals surface area contributed by atoms with E-state index in [0.29, 0.717) is 13.1 Å². The van der Waals surface area contributed by atoms with Gasteiger partial charge in [-0.15, -0.1) is 0 Å². The van der Waals surface area contributed by atoms with E-state index in [4.69, 9.17) is 10.2 Å². The third-order valence-electron chi connectivity index (χ3n) is 2.62. The van der Waals surface area contributed by atoms with Gasteiger partial charge in [0, 0.05) is 18.8 Å². The number of primary sulfonamides is 1. The second-order valence-corrected chi connectivity index (χ2v) is 5.73. The van der Waals surface area contributed by atoms with Gasteiger partial charge < -0.3 is 10.0 Å². The van der Waals surface area contributed by atoms with Gasteiger partial charge in [0.05, 0.1) is 11.3 Å². The van der Waals surface area contributed by atoms with Crippen LogP contribution in [-0.2, 0) is 14.8 Å². The van der Waals surface area contributed by atoms with Gasteiger partial charge in [-0.3, -0.25) is 4.79 Å². The first-order valence-electron chi connectivity index (χ1n) is 5.94. The number of nitrogens with zero attached hydrogens (tertiary/aromatic N) is 1. The molecule has 7 heteroatoms. The highest BCUT2D eigenvalue weighted by molar-refractivity contribution is 7.89. The molecule has 0 spiro atoms. The molecule has 0 unspecified atom stereocenters. The van der Waals surface area contributed by atoms with Crippen molar-refractivity contribution < 1.29 is 18.3 Å². The Morgan fingerprint density at radius 2 is 1.84 bits per heavy atom. The molecule has 0 heterocycles. The molecule has 6 nitrogen and oxygen atoms in total. The Hall–Kier alpha value is -1.60. The van der Waals surface area contributed by atoms with Crippen LogP contribution >= 0.6 is 0 Å². The van der Waals surface area contributed by atoms with Gasteiger partial charge in [-0.05, 0) is 30.7 Å². The predicted octanol–water partition coefficient (Wildman–Crippen LogP) is 1.03. The van der Waals surface area contributed by atoms with E-state index in [1.54, 1.807) is 12.1 Å². The Labute approximate surface area is 112 Å². The third-order valence-corrected chi connectivity index (χ3v) is 3.55. The molecule has 106 valence electrons. The summed E-state index contributed by atoms with van der Waals surface area (Å²) in [7, 11) is -3.70. The monoisotopic (exact) mass is 286 g/mol. The zero-order valence-electron chi connectivity index (χ0n) is 10.7. The smallest absolute Gasteiger partial charge is 0.305 e. The molecule has 0 aromatic heterocycles. The number of benzene rings is 1. The molecule has 0 aliphatic heterocycles. The molecule has 0 saturated heterocycles. The lowest BCUT2D eigenvalue weighted by Gasteiger charge is -2.23. The topological polar surface area (TPSA) is 101 Å². The fourth-order valence-electron chi connectivity index (χ4n) is 1.72. The Balaban J connectivity index is 2.88. The van der Waals surface area contributed by atoms with Gasteiger partial charge in [0.15, 0.2) is 0 Å². The summed E-state index contributed by atoms with van der Waals surface area (Å²) in [6.45, 7) is 3.09. The molecule has 0 bridgehead atoms. The van der Waals surface area contributed by atoms with E-state index < -0.39 is 16.0 Å². The molecule has 1 aromatic rings. The largest absolute Gasteiger partial charge is 0.481 e. The highest BCUT2D eigenvalue weighted by Gasteiger charge is 2.11. The molecule has 0 fully saturated rings. The lowest BCUT2D eigenvalue weighted by Crippen LogP contribution is -2.27. The van der Waals surface area contributed by atoms with Crippen molar-refractivity contribution in [1.82, 2.24) is 0 Å². The van der Waals surface area contributed by atoms with E-state index in [1.165, 1.54) is 12.1 Å². The number of anilines is 1. The third kappa shape index (κ3) is 4.88. The van der Waals surface area contributed by atoms with Gasteiger partial charge in [0.1, 0.15) is 0 Å². The summed E-state index contributed by atoms with van der Waals surface area (Å²) in [5.74, 6) is -0.859. The maximum Gasteiger partial charge on any atom is 0.305 e. The molecule has 1 rings (SSSR count). The summed E-state index contributed by atoms with van der Waals surface area (Å²) in [5.41, 5.74) is 0.788. The first-order valence-corrected chi connectivity index (χ1v) is 7.49. The van der Waals surface area contributed by atoms with Crippen molar-refractivity contribution in [1.29, 1.82) is 0 Å². The number of hydrogen-bond acceptors (Lipinski definition) is 4. The minimum atomic E-state index is -3.70. The van der Waals surface area contributed by atoms with Crippen LogP contribution < -0.4 is 10.0 Å². The van der Waals surface area contributed by atoms with Crippen LogP contribution in [0.4, 0.5) is 5.69 Å². The number of sulfonamides is 1. The molecule has 0 saturated carbocycles. The molecule has 3 N–H and O–H groups in total. The lowest BCUT2D eigenvalue weighted by molar-refractivity contribution is -0.136. The molecule has 0 radical (unpaired) electrons. The van der Waals surface area contributed by atoms with E-state index in [9.17, 15) is 13.2 Å². The van der Waals surface area contributed by atoms with Crippen molar-refractivity contribution in [3.05, 3.63) is 24.3 Å². The number of rotatable bonds is 7. The van der Waals surface area contributed by atoms with Crippen molar-refractivity contribution in [2.75, 3.05) is 18.0 Å². The Bertz CT molecular complexity index is 525. The summed E-state index contributed by atoms with van der Waals surface area (Å²) in [6.07, 6.45) is 0.910. The highest BCUT2D eigenvalue weighted by Crippen LogP contribution is 2.18. The van der Waals surface area contributed by atoms with Crippen molar-refractivity contribution >= 4 is 21.7 Å². The van der Waals surface area contributed by atoms with Crippen LogP contribution in [0.1, 0.15) is 19.8 Å². The van der Waals surface area contributed by atoms with Crippen molar-refractivity contribution in [3.8, 4) is 0 Å². The van der Waals surface area contributed by atoms with Crippen molar-refractivity contribution in [3.63, 3.8) is 0 Å². The average molecular weight is 286 g/mol. The molecule has 0 atom stereocenters. The van der Waals surface area contributed by atoms with Crippen molar-refractivity contribution in [2.24, 2.45) is 5.14 Å². The summed E-state index contributed by atoms with van der Waals surface area (Å²) >= 11 is 0. The standard InChI is InChI=1S/C12H18N2O4S/c1-2-8-14(9-7-12(15)16)10-3-5-11(6-4-10)19(13,17)18/h3-6H,2,7-9H2,1H3,(H,15,16)(H2,13,17,18). The Morgan fingerprint density at radius 3 is 2.26 bits per heavy atom. The van der Waals surface area contributed by atoms with Gasteiger partial charge >= 0.3 is 5.97 Å². The quantitative estimate of drug-likeness (QED) is 0.779. The van der Waals surface area contributed by atoms with Crippen LogP contribution in [0.2, 0.25) is 0 Å². The maximum absolute atomic E-state index is 11.1.